The number of nitrogens with zero attached hydrogens (tertiary/aromatic N) is 1. The van der Waals surface area contributed by atoms with Crippen LogP contribution >= 0.6 is 0 Å². The first-order chi connectivity index (χ1) is 17.6. The van der Waals surface area contributed by atoms with Crippen LogP contribution in [-0.4, -0.2) is 52.8 Å². The topological polar surface area (TPSA) is 101 Å². The van der Waals surface area contributed by atoms with Crippen molar-refractivity contribution in [3.05, 3.63) is 104 Å². The predicted octanol–water partition coefficient (Wildman–Crippen LogP) is 2.08. The fraction of sp³-hybridized carbons (Fsp3) is 0.407. The first-order valence-electron chi connectivity index (χ1n) is 12.1. The van der Waals surface area contributed by atoms with E-state index in [1.807, 2.05) is 60.7 Å². The Morgan fingerprint density at radius 3 is 2.36 bits per heavy atom. The van der Waals surface area contributed by atoms with Gasteiger partial charge in [-0.05, 0) is 18.1 Å². The maximum Gasteiger partial charge on any atom is 0.330 e. The fourth-order valence-corrected chi connectivity index (χ4v) is 5.41. The molecular weight excluding hydrogens is 464 g/mol. The third kappa shape index (κ3) is 3.93. The maximum absolute atomic E-state index is 12.8. The molecule has 0 saturated carbocycles. The van der Waals surface area contributed by atoms with Gasteiger partial charge in [0.2, 0.25) is 0 Å². The monoisotopic (exact) mass is 492 g/mol. The summed E-state index contributed by atoms with van der Waals surface area (Å²) in [6.07, 6.45) is -1.35. The van der Waals surface area contributed by atoms with Crippen molar-refractivity contribution in [1.29, 1.82) is 0 Å². The van der Waals surface area contributed by atoms with Crippen molar-refractivity contribution >= 4 is 0 Å². The number of hydrogen-bond acceptors (Lipinski definition) is 7. The Morgan fingerprint density at radius 2 is 1.64 bits per heavy atom. The van der Waals surface area contributed by atoms with Crippen molar-refractivity contribution in [3.8, 4) is 0 Å². The third-order valence-corrected chi connectivity index (χ3v) is 7.22. The molecule has 0 aliphatic carbocycles. The highest BCUT2D eigenvalue weighted by Crippen LogP contribution is 2.52. The molecule has 2 aromatic carbocycles. The van der Waals surface area contributed by atoms with E-state index in [2.05, 4.69) is 4.98 Å². The van der Waals surface area contributed by atoms with Gasteiger partial charge in [-0.3, -0.25) is 14.3 Å². The fourth-order valence-electron chi connectivity index (χ4n) is 5.41. The van der Waals surface area contributed by atoms with Gasteiger partial charge in [-0.15, -0.1) is 0 Å². The summed E-state index contributed by atoms with van der Waals surface area (Å²) in [7, 11) is 0. The van der Waals surface area contributed by atoms with Crippen molar-refractivity contribution in [2.75, 3.05) is 13.2 Å². The quantitative estimate of drug-likeness (QED) is 0.539. The zero-order chi connectivity index (χ0) is 24.7. The van der Waals surface area contributed by atoms with E-state index in [4.69, 9.17) is 23.7 Å². The maximum atomic E-state index is 12.8. The second-order valence-corrected chi connectivity index (χ2v) is 9.46. The summed E-state index contributed by atoms with van der Waals surface area (Å²) < 4.78 is 33.3. The molecule has 188 valence electrons. The Kier molecular flexibility index (Phi) is 6.10. The van der Waals surface area contributed by atoms with Crippen LogP contribution in [0, 0.1) is 6.92 Å². The van der Waals surface area contributed by atoms with Gasteiger partial charge in [0.25, 0.3) is 5.56 Å². The number of benzene rings is 2. The molecule has 3 saturated heterocycles. The van der Waals surface area contributed by atoms with Gasteiger partial charge in [0.15, 0.2) is 11.8 Å². The SMILES string of the molecule is Cc1cn([C@@H]2O[C@@H]3[C@H](OCc4ccccc4)CO[C@@H]4CO[C@H]2[C@]34OCc2ccccc2)c(=O)[nH]c1=O. The molecule has 0 unspecified atom stereocenters. The number of hydrogen-bond donors (Lipinski definition) is 1. The van der Waals surface area contributed by atoms with E-state index in [0.717, 1.165) is 11.1 Å². The zero-order valence-electron chi connectivity index (χ0n) is 19.9. The number of aromatic nitrogens is 2. The van der Waals surface area contributed by atoms with E-state index in [0.29, 0.717) is 32.0 Å². The van der Waals surface area contributed by atoms with Crippen LogP contribution in [0.2, 0.25) is 0 Å². The Hall–Kier alpha value is -3.08. The minimum atomic E-state index is -0.996. The van der Waals surface area contributed by atoms with E-state index in [-0.39, 0.29) is 0 Å². The van der Waals surface area contributed by atoms with Crippen LogP contribution in [0.5, 0.6) is 0 Å². The van der Waals surface area contributed by atoms with Gasteiger partial charge in [0.1, 0.15) is 24.4 Å². The lowest BCUT2D eigenvalue weighted by molar-refractivity contribution is -0.249. The van der Waals surface area contributed by atoms with Crippen molar-refractivity contribution in [2.45, 2.75) is 56.4 Å². The van der Waals surface area contributed by atoms with Crippen LogP contribution in [0.3, 0.4) is 0 Å². The number of nitrogens with one attached hydrogen (secondary N) is 1. The number of aryl methyl sites for hydroxylation is 1. The molecule has 36 heavy (non-hydrogen) atoms. The van der Waals surface area contributed by atoms with E-state index in [1.165, 1.54) is 10.8 Å². The van der Waals surface area contributed by atoms with Crippen LogP contribution in [0.25, 0.3) is 0 Å². The molecule has 6 atom stereocenters. The first kappa shape index (κ1) is 23.3. The number of ether oxygens (including phenoxy) is 5. The summed E-state index contributed by atoms with van der Waals surface area (Å²) in [4.78, 5) is 27.2. The van der Waals surface area contributed by atoms with E-state index >= 15 is 0 Å². The lowest BCUT2D eigenvalue weighted by Gasteiger charge is -2.44. The summed E-state index contributed by atoms with van der Waals surface area (Å²) in [5.41, 5.74) is 0.429. The van der Waals surface area contributed by atoms with Crippen LogP contribution in [0.15, 0.2) is 76.4 Å². The molecule has 6 rings (SSSR count). The molecule has 0 spiro atoms. The van der Waals surface area contributed by atoms with Gasteiger partial charge in [-0.25, -0.2) is 4.79 Å². The second kappa shape index (κ2) is 9.42. The number of H-pyrrole nitrogens is 1. The summed E-state index contributed by atoms with van der Waals surface area (Å²) >= 11 is 0. The molecule has 3 aromatic rings. The zero-order valence-corrected chi connectivity index (χ0v) is 19.9. The highest BCUT2D eigenvalue weighted by atomic mass is 16.7. The van der Waals surface area contributed by atoms with Gasteiger partial charge in [-0.1, -0.05) is 60.7 Å². The summed E-state index contributed by atoms with van der Waals surface area (Å²) in [6.45, 7) is 2.95. The second-order valence-electron chi connectivity index (χ2n) is 9.46. The number of aromatic amines is 1. The highest BCUT2D eigenvalue weighted by Gasteiger charge is 2.71. The minimum absolute atomic E-state index is 0.304. The highest BCUT2D eigenvalue weighted by molar-refractivity contribution is 5.20. The van der Waals surface area contributed by atoms with Crippen LogP contribution in [0.4, 0.5) is 0 Å². The Bertz CT molecular complexity index is 1330. The molecular formula is C27H28N2O7. The lowest BCUT2D eigenvalue weighted by Crippen LogP contribution is -2.64. The number of rotatable bonds is 7. The van der Waals surface area contributed by atoms with Gasteiger partial charge in [0.05, 0.1) is 26.4 Å². The molecule has 1 aromatic heterocycles. The molecule has 3 fully saturated rings. The largest absolute Gasteiger partial charge is 0.370 e. The third-order valence-electron chi connectivity index (χ3n) is 7.22. The van der Waals surface area contributed by atoms with Crippen LogP contribution in [0.1, 0.15) is 22.9 Å². The molecule has 0 radical (unpaired) electrons. The molecule has 9 nitrogen and oxygen atoms in total. The average molecular weight is 493 g/mol. The molecule has 9 heteroatoms. The summed E-state index contributed by atoms with van der Waals surface area (Å²) in [6, 6.07) is 19.7. The van der Waals surface area contributed by atoms with Crippen molar-refractivity contribution in [1.82, 2.24) is 9.55 Å². The van der Waals surface area contributed by atoms with Crippen molar-refractivity contribution < 1.29 is 23.7 Å². The molecule has 3 aliphatic heterocycles. The van der Waals surface area contributed by atoms with Crippen LogP contribution in [-0.2, 0) is 36.9 Å². The van der Waals surface area contributed by atoms with Crippen molar-refractivity contribution in [2.24, 2.45) is 0 Å². The molecule has 0 amide bonds. The minimum Gasteiger partial charge on any atom is -0.370 e. The average Bonchev–Trinajstić information content (AvgIpc) is 3.44. The predicted molar refractivity (Wildman–Crippen MR) is 128 cm³/mol. The van der Waals surface area contributed by atoms with Gasteiger partial charge in [-0.2, -0.15) is 0 Å². The van der Waals surface area contributed by atoms with Crippen molar-refractivity contribution in [3.63, 3.8) is 0 Å². The Morgan fingerprint density at radius 1 is 0.944 bits per heavy atom. The van der Waals surface area contributed by atoms with Gasteiger partial charge < -0.3 is 23.7 Å². The smallest absolute Gasteiger partial charge is 0.330 e. The molecule has 1 N–H and O–H groups in total. The summed E-state index contributed by atoms with van der Waals surface area (Å²) in [5, 5.41) is 0. The molecule has 4 heterocycles. The Balaban J connectivity index is 1.36. The van der Waals surface area contributed by atoms with Gasteiger partial charge >= 0.3 is 5.69 Å². The first-order valence-corrected chi connectivity index (χ1v) is 12.1. The molecule has 3 aliphatic rings. The normalized spacial score (nSPS) is 30.9. The molecule has 0 bridgehead atoms. The van der Waals surface area contributed by atoms with E-state index < -0.39 is 47.5 Å². The van der Waals surface area contributed by atoms with Crippen LogP contribution < -0.4 is 11.2 Å². The van der Waals surface area contributed by atoms with Gasteiger partial charge in [0, 0.05) is 11.8 Å². The standard InChI is InChI=1S/C27H28N2O7/c1-17-12-29(26(31)28-24(17)30)25-23-27(35-14-19-10-6-3-7-11-19)21(16-34-23)33-15-20(22(27)36-25)32-13-18-8-4-2-5-9-18/h2-12,20-23,25H,13-16H2,1H3,(H,28,30,31)/t20-,21-,22-,23-,25-,27-/m1/s1. The van der Waals surface area contributed by atoms with E-state index in [1.54, 1.807) is 6.92 Å². The Labute approximate surface area is 207 Å². The summed E-state index contributed by atoms with van der Waals surface area (Å²) in [5.74, 6) is 0. The lowest BCUT2D eigenvalue weighted by atomic mass is 9.83. The van der Waals surface area contributed by atoms with E-state index in [9.17, 15) is 9.59 Å².